The monoisotopic (exact) mass is 455 g/mol. The summed E-state index contributed by atoms with van der Waals surface area (Å²) in [6.07, 6.45) is 0. The molecule has 0 atom stereocenters. The van der Waals surface area contributed by atoms with E-state index >= 15 is 0 Å². The third-order valence-corrected chi connectivity index (χ3v) is 5.79. The maximum absolute atomic E-state index is 10.9. The third kappa shape index (κ3) is 4.50. The molecule has 0 amide bonds. The zero-order valence-corrected chi connectivity index (χ0v) is 20.0. The van der Waals surface area contributed by atoms with Gasteiger partial charge in [-0.15, -0.1) is 0 Å². The fourth-order valence-electron chi connectivity index (χ4n) is 4.32. The van der Waals surface area contributed by atoms with Crippen molar-refractivity contribution in [3.8, 4) is 28.7 Å². The van der Waals surface area contributed by atoms with Crippen molar-refractivity contribution >= 4 is 17.1 Å². The zero-order chi connectivity index (χ0) is 24.6. The standard InChI is InChI=1S/C29H29NO4/c1-17-12-20(4)28(25(32)14-17)30(29-21(5)13-18(2)15-26(29)33)22-7-10-24(11-8-22)34-27-16-23(31)9-6-19(27)3/h6-16,31-33H,1-5H3. The van der Waals surface area contributed by atoms with Crippen molar-refractivity contribution in [1.82, 2.24) is 0 Å². The van der Waals surface area contributed by atoms with E-state index in [1.165, 1.54) is 0 Å². The summed E-state index contributed by atoms with van der Waals surface area (Å²) in [6, 6.07) is 19.9. The number of nitrogens with zero attached hydrogens (tertiary/aromatic N) is 1. The second-order valence-electron chi connectivity index (χ2n) is 8.78. The second-order valence-corrected chi connectivity index (χ2v) is 8.78. The van der Waals surface area contributed by atoms with Crippen LogP contribution in [0, 0.1) is 34.6 Å². The van der Waals surface area contributed by atoms with Crippen LogP contribution >= 0.6 is 0 Å². The molecule has 174 valence electrons. The lowest BCUT2D eigenvalue weighted by molar-refractivity contribution is 0.453. The highest BCUT2D eigenvalue weighted by atomic mass is 16.5. The first-order chi connectivity index (χ1) is 16.1. The Kier molecular flexibility index (Phi) is 6.12. The average molecular weight is 456 g/mol. The molecule has 0 fully saturated rings. The average Bonchev–Trinajstić information content (AvgIpc) is 2.74. The van der Waals surface area contributed by atoms with Gasteiger partial charge in [0.25, 0.3) is 0 Å². The van der Waals surface area contributed by atoms with Gasteiger partial charge in [0.1, 0.15) is 28.7 Å². The van der Waals surface area contributed by atoms with Gasteiger partial charge in [0.15, 0.2) is 0 Å². The molecule has 4 aromatic carbocycles. The summed E-state index contributed by atoms with van der Waals surface area (Å²) in [4.78, 5) is 1.87. The van der Waals surface area contributed by atoms with Crippen molar-refractivity contribution in [1.29, 1.82) is 0 Å². The summed E-state index contributed by atoms with van der Waals surface area (Å²) < 4.78 is 5.99. The number of aryl methyl sites for hydroxylation is 5. The highest BCUT2D eigenvalue weighted by molar-refractivity contribution is 5.86. The fraction of sp³-hybridized carbons (Fsp3) is 0.172. The van der Waals surface area contributed by atoms with Gasteiger partial charge in [0, 0.05) is 11.8 Å². The Hall–Kier alpha value is -4.12. The highest BCUT2D eigenvalue weighted by Crippen LogP contribution is 2.47. The Morgan fingerprint density at radius 2 is 1.12 bits per heavy atom. The lowest BCUT2D eigenvalue weighted by Gasteiger charge is -2.30. The molecule has 0 saturated heterocycles. The van der Waals surface area contributed by atoms with E-state index in [4.69, 9.17) is 4.74 Å². The predicted octanol–water partition coefficient (Wildman–Crippen LogP) is 7.61. The molecule has 0 aromatic heterocycles. The van der Waals surface area contributed by atoms with Crippen molar-refractivity contribution in [2.45, 2.75) is 34.6 Å². The Morgan fingerprint density at radius 1 is 0.588 bits per heavy atom. The minimum atomic E-state index is 0.132. The molecule has 0 aliphatic rings. The van der Waals surface area contributed by atoms with E-state index in [9.17, 15) is 15.3 Å². The fourth-order valence-corrected chi connectivity index (χ4v) is 4.32. The number of phenolic OH excluding ortho intramolecular Hbond substituents is 3. The van der Waals surface area contributed by atoms with Crippen LogP contribution in [0.3, 0.4) is 0 Å². The molecule has 0 spiro atoms. The van der Waals surface area contributed by atoms with Crippen LogP contribution in [0.4, 0.5) is 17.1 Å². The maximum Gasteiger partial charge on any atom is 0.140 e. The van der Waals surface area contributed by atoms with Crippen molar-refractivity contribution in [3.05, 3.63) is 94.5 Å². The van der Waals surface area contributed by atoms with Crippen molar-refractivity contribution in [2.75, 3.05) is 4.90 Å². The predicted molar refractivity (Wildman–Crippen MR) is 136 cm³/mol. The molecule has 4 rings (SSSR count). The summed E-state index contributed by atoms with van der Waals surface area (Å²) in [5.41, 5.74) is 6.53. The Balaban J connectivity index is 1.83. The molecule has 0 unspecified atom stereocenters. The van der Waals surface area contributed by atoms with Crippen LogP contribution in [0.1, 0.15) is 27.8 Å². The number of phenols is 3. The largest absolute Gasteiger partial charge is 0.508 e. The molecule has 34 heavy (non-hydrogen) atoms. The van der Waals surface area contributed by atoms with Gasteiger partial charge in [0.05, 0.1) is 11.4 Å². The van der Waals surface area contributed by atoms with E-state index in [0.29, 0.717) is 22.9 Å². The van der Waals surface area contributed by atoms with Crippen LogP contribution in [-0.2, 0) is 0 Å². The van der Waals surface area contributed by atoms with Gasteiger partial charge < -0.3 is 25.0 Å². The molecule has 4 aromatic rings. The lowest BCUT2D eigenvalue weighted by Crippen LogP contribution is -2.13. The van der Waals surface area contributed by atoms with Gasteiger partial charge in [-0.25, -0.2) is 0 Å². The molecule has 5 nitrogen and oxygen atoms in total. The van der Waals surface area contributed by atoms with Crippen molar-refractivity contribution in [3.63, 3.8) is 0 Å². The van der Waals surface area contributed by atoms with Crippen LogP contribution in [0.5, 0.6) is 28.7 Å². The zero-order valence-electron chi connectivity index (χ0n) is 20.0. The minimum absolute atomic E-state index is 0.132. The number of anilines is 3. The van der Waals surface area contributed by atoms with Crippen LogP contribution in [0.2, 0.25) is 0 Å². The molecule has 0 aliphatic heterocycles. The van der Waals surface area contributed by atoms with E-state index in [2.05, 4.69) is 0 Å². The molecule has 0 aliphatic carbocycles. The number of aromatic hydroxyl groups is 3. The quantitative estimate of drug-likeness (QED) is 0.289. The van der Waals surface area contributed by atoms with E-state index in [1.807, 2.05) is 75.9 Å². The number of benzene rings is 4. The van der Waals surface area contributed by atoms with Crippen LogP contribution in [0.25, 0.3) is 0 Å². The van der Waals surface area contributed by atoms with Gasteiger partial charge in [-0.2, -0.15) is 0 Å². The topological polar surface area (TPSA) is 73.2 Å². The number of hydrogen-bond acceptors (Lipinski definition) is 5. The van der Waals surface area contributed by atoms with Gasteiger partial charge in [0.2, 0.25) is 0 Å². The van der Waals surface area contributed by atoms with Gasteiger partial charge in [-0.1, -0.05) is 18.2 Å². The van der Waals surface area contributed by atoms with Gasteiger partial charge in [-0.3, -0.25) is 0 Å². The number of ether oxygens (including phenoxy) is 1. The molecular weight excluding hydrogens is 426 g/mol. The molecule has 0 radical (unpaired) electrons. The Labute approximate surface area is 200 Å². The molecule has 0 heterocycles. The smallest absolute Gasteiger partial charge is 0.140 e. The first kappa shape index (κ1) is 23.1. The van der Waals surface area contributed by atoms with E-state index in [1.54, 1.807) is 30.3 Å². The molecule has 3 N–H and O–H groups in total. The van der Waals surface area contributed by atoms with Gasteiger partial charge >= 0.3 is 0 Å². The Bertz CT molecular complexity index is 1260. The molecule has 0 saturated carbocycles. The second kappa shape index (κ2) is 9.02. The Morgan fingerprint density at radius 3 is 1.62 bits per heavy atom. The molecule has 5 heteroatoms. The van der Waals surface area contributed by atoms with Crippen molar-refractivity contribution in [2.24, 2.45) is 0 Å². The van der Waals surface area contributed by atoms with Crippen LogP contribution in [-0.4, -0.2) is 15.3 Å². The SMILES string of the molecule is Cc1cc(C)c(N(c2ccc(Oc3cc(O)ccc3C)cc2)c2c(C)cc(C)cc2O)c(O)c1. The summed E-state index contributed by atoms with van der Waals surface area (Å²) in [6.45, 7) is 9.67. The van der Waals surface area contributed by atoms with Crippen molar-refractivity contribution < 1.29 is 20.1 Å². The van der Waals surface area contributed by atoms with E-state index in [-0.39, 0.29) is 17.2 Å². The summed E-state index contributed by atoms with van der Waals surface area (Å²) >= 11 is 0. The summed E-state index contributed by atoms with van der Waals surface area (Å²) in [5, 5.41) is 31.7. The first-order valence-corrected chi connectivity index (χ1v) is 11.1. The van der Waals surface area contributed by atoms with E-state index < -0.39 is 0 Å². The number of rotatable bonds is 5. The number of hydrogen-bond donors (Lipinski definition) is 3. The minimum Gasteiger partial charge on any atom is -0.508 e. The lowest BCUT2D eigenvalue weighted by atomic mass is 10.0. The normalized spacial score (nSPS) is 10.9. The molecular formula is C29H29NO4. The highest BCUT2D eigenvalue weighted by Gasteiger charge is 2.23. The van der Waals surface area contributed by atoms with Crippen LogP contribution < -0.4 is 9.64 Å². The maximum atomic E-state index is 10.9. The first-order valence-electron chi connectivity index (χ1n) is 11.1. The third-order valence-electron chi connectivity index (χ3n) is 5.79. The summed E-state index contributed by atoms with van der Waals surface area (Å²) in [5.74, 6) is 1.58. The van der Waals surface area contributed by atoms with Crippen LogP contribution in [0.15, 0.2) is 66.7 Å². The molecule has 0 bridgehead atoms. The van der Waals surface area contributed by atoms with Gasteiger partial charge in [-0.05, 0) is 105 Å². The van der Waals surface area contributed by atoms with E-state index in [0.717, 1.165) is 33.5 Å². The summed E-state index contributed by atoms with van der Waals surface area (Å²) in [7, 11) is 0.